The minimum atomic E-state index is 0.839. The summed E-state index contributed by atoms with van der Waals surface area (Å²) in [5.41, 5.74) is 7.76. The Morgan fingerprint density at radius 2 is 1.38 bits per heavy atom. The number of halogens is 1. The summed E-state index contributed by atoms with van der Waals surface area (Å²) in [4.78, 5) is 0. The number of nitrogens with one attached hydrogen (secondary N) is 1. The fraction of sp³-hybridized carbons (Fsp3) is 0. The monoisotopic (exact) mass is 502 g/mol. The number of anilines is 2. The molecule has 4 heteroatoms. The molecule has 1 aliphatic heterocycles. The van der Waals surface area contributed by atoms with E-state index < -0.39 is 0 Å². The first-order valence-electron chi connectivity index (χ1n) is 11.2. The van der Waals surface area contributed by atoms with Crippen LogP contribution in [0.4, 0.5) is 11.4 Å². The van der Waals surface area contributed by atoms with Gasteiger partial charge in [-0.3, -0.25) is 0 Å². The maximum Gasteiger partial charge on any atom is 0.151 e. The minimum absolute atomic E-state index is 0.839. The first-order valence-corrected chi connectivity index (χ1v) is 12.0. The van der Waals surface area contributed by atoms with E-state index in [1.165, 1.54) is 21.8 Å². The van der Waals surface area contributed by atoms with Gasteiger partial charge in [0, 0.05) is 26.5 Å². The number of ether oxygens (including phenoxy) is 1. The van der Waals surface area contributed by atoms with Crippen LogP contribution in [0, 0.1) is 0 Å². The second-order valence-electron chi connectivity index (χ2n) is 8.47. The quantitative estimate of drug-likeness (QED) is 0.255. The molecule has 1 aliphatic rings. The van der Waals surface area contributed by atoms with E-state index in [-0.39, 0.29) is 0 Å². The highest BCUT2D eigenvalue weighted by Crippen LogP contribution is 2.47. The second-order valence-corrected chi connectivity index (χ2v) is 9.38. The highest BCUT2D eigenvalue weighted by atomic mass is 79.9. The second kappa shape index (κ2) is 7.51. The van der Waals surface area contributed by atoms with Crippen LogP contribution in [-0.4, -0.2) is 4.57 Å². The number of para-hydroxylation sites is 4. The summed E-state index contributed by atoms with van der Waals surface area (Å²) in [6, 6.07) is 38.0. The molecule has 0 saturated carbocycles. The number of fused-ring (bicyclic) bond motifs is 5. The average molecular weight is 503 g/mol. The van der Waals surface area contributed by atoms with Crippen molar-refractivity contribution < 1.29 is 4.74 Å². The Labute approximate surface area is 205 Å². The molecule has 2 heterocycles. The standard InChI is InChI=1S/C30H19BrN2O/c31-20-14-16-27-24(18-20)23-17-19(13-15-26(23)33(27)21-7-2-1-3-8-21)22-9-6-12-29-30(22)32-25-10-4-5-11-28(25)34-29/h1-18,32H. The van der Waals surface area contributed by atoms with Crippen LogP contribution in [0.5, 0.6) is 11.5 Å². The maximum absolute atomic E-state index is 6.20. The molecule has 1 N–H and O–H groups in total. The van der Waals surface area contributed by atoms with E-state index in [1.54, 1.807) is 0 Å². The number of hydrogen-bond donors (Lipinski definition) is 1. The molecule has 0 bridgehead atoms. The van der Waals surface area contributed by atoms with Crippen molar-refractivity contribution in [2.75, 3.05) is 5.32 Å². The predicted octanol–water partition coefficient (Wildman–Crippen LogP) is 9.06. The molecule has 0 aliphatic carbocycles. The molecule has 0 unspecified atom stereocenters. The molecule has 3 nitrogen and oxygen atoms in total. The van der Waals surface area contributed by atoms with Crippen LogP contribution < -0.4 is 10.1 Å². The lowest BCUT2D eigenvalue weighted by molar-refractivity contribution is 0.481. The van der Waals surface area contributed by atoms with Crippen molar-refractivity contribution in [2.45, 2.75) is 0 Å². The van der Waals surface area contributed by atoms with Crippen LogP contribution >= 0.6 is 15.9 Å². The smallest absolute Gasteiger partial charge is 0.151 e. The Balaban J connectivity index is 1.46. The zero-order valence-corrected chi connectivity index (χ0v) is 19.7. The van der Waals surface area contributed by atoms with Crippen molar-refractivity contribution >= 4 is 49.1 Å². The van der Waals surface area contributed by atoms with Crippen LogP contribution in [0.3, 0.4) is 0 Å². The number of rotatable bonds is 2. The first-order chi connectivity index (χ1) is 16.8. The van der Waals surface area contributed by atoms with Crippen LogP contribution in [0.2, 0.25) is 0 Å². The van der Waals surface area contributed by atoms with E-state index in [4.69, 9.17) is 4.74 Å². The SMILES string of the molecule is Brc1ccc2c(c1)c1cc(-c3cccc4c3Nc3ccccc3O4)ccc1n2-c1ccccc1. The van der Waals surface area contributed by atoms with Crippen LogP contribution in [0.1, 0.15) is 0 Å². The minimum Gasteiger partial charge on any atom is -0.453 e. The molecule has 34 heavy (non-hydrogen) atoms. The van der Waals surface area contributed by atoms with Gasteiger partial charge >= 0.3 is 0 Å². The van der Waals surface area contributed by atoms with Gasteiger partial charge in [-0.2, -0.15) is 0 Å². The molecule has 7 rings (SSSR count). The zero-order valence-electron chi connectivity index (χ0n) is 18.1. The van der Waals surface area contributed by atoms with Crippen LogP contribution in [-0.2, 0) is 0 Å². The van der Waals surface area contributed by atoms with Gasteiger partial charge in [-0.25, -0.2) is 0 Å². The van der Waals surface area contributed by atoms with Crippen molar-refractivity contribution in [1.82, 2.24) is 4.57 Å². The van der Waals surface area contributed by atoms with E-state index in [9.17, 15) is 0 Å². The first kappa shape index (κ1) is 19.4. The lowest BCUT2D eigenvalue weighted by Crippen LogP contribution is -2.04. The molecule has 1 aromatic heterocycles. The summed E-state index contributed by atoms with van der Waals surface area (Å²) >= 11 is 3.68. The third-order valence-electron chi connectivity index (χ3n) is 6.45. The van der Waals surface area contributed by atoms with E-state index in [0.29, 0.717) is 0 Å². The summed E-state index contributed by atoms with van der Waals surface area (Å²) in [5, 5.41) is 6.03. The molecular weight excluding hydrogens is 484 g/mol. The molecule has 162 valence electrons. The van der Waals surface area contributed by atoms with Crippen molar-refractivity contribution in [3.05, 3.63) is 114 Å². The summed E-state index contributed by atoms with van der Waals surface area (Å²) in [6.07, 6.45) is 0. The van der Waals surface area contributed by atoms with Gasteiger partial charge in [-0.1, -0.05) is 64.5 Å². The molecule has 0 fully saturated rings. The van der Waals surface area contributed by atoms with Gasteiger partial charge in [0.05, 0.1) is 22.4 Å². The van der Waals surface area contributed by atoms with Crippen LogP contribution in [0.15, 0.2) is 114 Å². The van der Waals surface area contributed by atoms with E-state index >= 15 is 0 Å². The van der Waals surface area contributed by atoms with Crippen LogP contribution in [0.25, 0.3) is 38.6 Å². The number of hydrogen-bond acceptors (Lipinski definition) is 2. The lowest BCUT2D eigenvalue weighted by Gasteiger charge is -2.24. The highest BCUT2D eigenvalue weighted by molar-refractivity contribution is 9.10. The molecule has 0 atom stereocenters. The Morgan fingerprint density at radius 3 is 2.26 bits per heavy atom. The Morgan fingerprint density at radius 1 is 0.647 bits per heavy atom. The molecule has 0 spiro atoms. The largest absolute Gasteiger partial charge is 0.453 e. The van der Waals surface area contributed by atoms with Gasteiger partial charge in [0.1, 0.15) is 0 Å². The van der Waals surface area contributed by atoms with Gasteiger partial charge in [0.2, 0.25) is 0 Å². The summed E-state index contributed by atoms with van der Waals surface area (Å²) in [6.45, 7) is 0. The molecule has 0 amide bonds. The summed E-state index contributed by atoms with van der Waals surface area (Å²) in [7, 11) is 0. The van der Waals surface area contributed by atoms with Crippen molar-refractivity contribution in [1.29, 1.82) is 0 Å². The van der Waals surface area contributed by atoms with Gasteiger partial charge in [-0.15, -0.1) is 0 Å². The van der Waals surface area contributed by atoms with Crippen molar-refractivity contribution in [3.8, 4) is 28.3 Å². The lowest BCUT2D eigenvalue weighted by atomic mass is 9.99. The fourth-order valence-electron chi connectivity index (χ4n) is 4.92. The predicted molar refractivity (Wildman–Crippen MR) is 144 cm³/mol. The maximum atomic E-state index is 6.20. The Bertz CT molecular complexity index is 1720. The fourth-order valence-corrected chi connectivity index (χ4v) is 5.28. The molecule has 5 aromatic carbocycles. The number of aromatic nitrogens is 1. The molecule has 0 radical (unpaired) electrons. The summed E-state index contributed by atoms with van der Waals surface area (Å²) < 4.78 is 9.61. The topological polar surface area (TPSA) is 26.2 Å². The van der Waals surface area contributed by atoms with Gasteiger partial charge < -0.3 is 14.6 Å². The third-order valence-corrected chi connectivity index (χ3v) is 6.94. The highest BCUT2D eigenvalue weighted by Gasteiger charge is 2.20. The molecular formula is C30H19BrN2O. The Kier molecular flexibility index (Phi) is 4.29. The van der Waals surface area contributed by atoms with E-state index in [1.807, 2.05) is 30.3 Å². The molecule has 6 aromatic rings. The van der Waals surface area contributed by atoms with Crippen molar-refractivity contribution in [3.63, 3.8) is 0 Å². The third kappa shape index (κ3) is 2.96. The van der Waals surface area contributed by atoms with Gasteiger partial charge in [0.25, 0.3) is 0 Å². The van der Waals surface area contributed by atoms with Gasteiger partial charge in [-0.05, 0) is 66.2 Å². The number of benzene rings is 5. The van der Waals surface area contributed by atoms with Gasteiger partial charge in [0.15, 0.2) is 11.5 Å². The van der Waals surface area contributed by atoms with Crippen molar-refractivity contribution in [2.24, 2.45) is 0 Å². The number of nitrogens with zero attached hydrogens (tertiary/aromatic N) is 1. The van der Waals surface area contributed by atoms with E-state index in [0.717, 1.165) is 44.2 Å². The zero-order chi connectivity index (χ0) is 22.6. The normalized spacial score (nSPS) is 12.1. The van der Waals surface area contributed by atoms with E-state index in [2.05, 4.69) is 105 Å². The molecule has 0 saturated heterocycles. The Hall–Kier alpha value is -4.02. The summed E-state index contributed by atoms with van der Waals surface area (Å²) in [5.74, 6) is 1.68. The average Bonchev–Trinajstić information content (AvgIpc) is 3.20.